The Morgan fingerprint density at radius 1 is 1.21 bits per heavy atom. The molecule has 24 heavy (non-hydrogen) atoms. The van der Waals surface area contributed by atoms with E-state index in [-0.39, 0.29) is 17.5 Å². The molecular formula is C17H22N4O3. The van der Waals surface area contributed by atoms with Crippen molar-refractivity contribution in [1.29, 1.82) is 0 Å². The van der Waals surface area contributed by atoms with E-state index in [9.17, 15) is 4.79 Å². The van der Waals surface area contributed by atoms with E-state index in [0.717, 1.165) is 5.56 Å². The van der Waals surface area contributed by atoms with Gasteiger partial charge in [-0.05, 0) is 32.0 Å². The van der Waals surface area contributed by atoms with Crippen LogP contribution in [0.5, 0.6) is 5.75 Å². The van der Waals surface area contributed by atoms with E-state index in [1.807, 2.05) is 38.1 Å². The summed E-state index contributed by atoms with van der Waals surface area (Å²) < 4.78 is 11.0. The summed E-state index contributed by atoms with van der Waals surface area (Å²) >= 11 is 0. The van der Waals surface area contributed by atoms with Gasteiger partial charge in [-0.25, -0.2) is 9.97 Å². The van der Waals surface area contributed by atoms with Gasteiger partial charge in [0.1, 0.15) is 18.1 Å². The molecule has 2 rings (SSSR count). The molecule has 1 heterocycles. The summed E-state index contributed by atoms with van der Waals surface area (Å²) in [5.74, 6) is 0.401. The maximum Gasteiger partial charge on any atom is 0.270 e. The van der Waals surface area contributed by atoms with E-state index in [4.69, 9.17) is 15.2 Å². The van der Waals surface area contributed by atoms with Crippen molar-refractivity contribution < 1.29 is 14.3 Å². The minimum Gasteiger partial charge on any atom is -0.490 e. The second-order valence-electron chi connectivity index (χ2n) is 4.90. The smallest absolute Gasteiger partial charge is 0.270 e. The van der Waals surface area contributed by atoms with Gasteiger partial charge in [0.2, 0.25) is 5.95 Å². The first-order chi connectivity index (χ1) is 11.7. The third kappa shape index (κ3) is 4.66. The molecule has 1 aromatic carbocycles. The number of carbonyl (C=O) groups is 1. The van der Waals surface area contributed by atoms with Crippen LogP contribution in [0.2, 0.25) is 0 Å². The number of aromatic nitrogens is 2. The van der Waals surface area contributed by atoms with Crippen LogP contribution in [0, 0.1) is 0 Å². The minimum atomic E-state index is -0.289. The topological polar surface area (TPSA) is 99.4 Å². The molecule has 7 nitrogen and oxygen atoms in total. The first kappa shape index (κ1) is 17.7. The molecule has 0 spiro atoms. The Morgan fingerprint density at radius 2 is 2.00 bits per heavy atom. The van der Waals surface area contributed by atoms with E-state index in [2.05, 4.69) is 15.3 Å². The molecule has 0 aliphatic rings. The fourth-order valence-corrected chi connectivity index (χ4v) is 2.13. The Hall–Kier alpha value is -2.67. The molecule has 7 heteroatoms. The van der Waals surface area contributed by atoms with E-state index >= 15 is 0 Å². The Labute approximate surface area is 141 Å². The summed E-state index contributed by atoms with van der Waals surface area (Å²) in [7, 11) is 0. The Balaban J connectivity index is 2.29. The van der Waals surface area contributed by atoms with Crippen LogP contribution < -0.4 is 15.8 Å². The normalized spacial score (nSPS) is 10.4. The summed E-state index contributed by atoms with van der Waals surface area (Å²) in [5.41, 5.74) is 7.26. The summed E-state index contributed by atoms with van der Waals surface area (Å²) in [6.07, 6.45) is 0. The molecule has 1 aromatic heterocycles. The SMILES string of the molecule is CCNC(=O)c1cc(-c2ccccc2OCCOCC)nc(N)n1. The lowest BCUT2D eigenvalue weighted by atomic mass is 10.1. The summed E-state index contributed by atoms with van der Waals surface area (Å²) in [6.45, 7) is 5.85. The van der Waals surface area contributed by atoms with Gasteiger partial charge in [-0.1, -0.05) is 12.1 Å². The monoisotopic (exact) mass is 330 g/mol. The van der Waals surface area contributed by atoms with Gasteiger partial charge in [-0.3, -0.25) is 4.79 Å². The molecule has 0 aliphatic heterocycles. The Bertz CT molecular complexity index is 691. The zero-order valence-electron chi connectivity index (χ0n) is 13.9. The van der Waals surface area contributed by atoms with Crippen LogP contribution in [0.3, 0.4) is 0 Å². The molecule has 128 valence electrons. The second kappa shape index (κ2) is 8.83. The van der Waals surface area contributed by atoms with Crippen molar-refractivity contribution in [2.24, 2.45) is 0 Å². The Morgan fingerprint density at radius 3 is 2.75 bits per heavy atom. The molecule has 0 saturated heterocycles. The van der Waals surface area contributed by atoms with Gasteiger partial charge in [-0.15, -0.1) is 0 Å². The summed E-state index contributed by atoms with van der Waals surface area (Å²) in [4.78, 5) is 20.2. The van der Waals surface area contributed by atoms with Crippen LogP contribution in [-0.4, -0.2) is 42.2 Å². The van der Waals surface area contributed by atoms with Gasteiger partial charge < -0.3 is 20.5 Å². The van der Waals surface area contributed by atoms with Gasteiger partial charge in [0.15, 0.2) is 0 Å². The van der Waals surface area contributed by atoms with Gasteiger partial charge in [0.25, 0.3) is 5.91 Å². The van der Waals surface area contributed by atoms with Crippen molar-refractivity contribution in [3.63, 3.8) is 0 Å². The van der Waals surface area contributed by atoms with E-state index < -0.39 is 0 Å². The summed E-state index contributed by atoms with van der Waals surface area (Å²) in [6, 6.07) is 9.04. The zero-order chi connectivity index (χ0) is 17.4. The molecule has 0 bridgehead atoms. The van der Waals surface area contributed by atoms with E-state index in [1.165, 1.54) is 0 Å². The highest BCUT2D eigenvalue weighted by Gasteiger charge is 2.14. The van der Waals surface area contributed by atoms with Crippen LogP contribution in [-0.2, 0) is 4.74 Å². The number of nitrogen functional groups attached to an aromatic ring is 1. The highest BCUT2D eigenvalue weighted by atomic mass is 16.5. The third-order valence-corrected chi connectivity index (χ3v) is 3.17. The molecular weight excluding hydrogens is 308 g/mol. The lowest BCUT2D eigenvalue weighted by Gasteiger charge is -2.12. The quantitative estimate of drug-likeness (QED) is 0.717. The van der Waals surface area contributed by atoms with Crippen LogP contribution in [0.4, 0.5) is 5.95 Å². The maximum atomic E-state index is 12.0. The molecule has 0 saturated carbocycles. The first-order valence-corrected chi connectivity index (χ1v) is 7.88. The highest BCUT2D eigenvalue weighted by molar-refractivity contribution is 5.93. The molecule has 0 radical (unpaired) electrons. The highest BCUT2D eigenvalue weighted by Crippen LogP contribution is 2.29. The van der Waals surface area contributed by atoms with E-state index in [1.54, 1.807) is 6.07 Å². The number of hydrogen-bond donors (Lipinski definition) is 2. The van der Waals surface area contributed by atoms with Crippen molar-refractivity contribution >= 4 is 11.9 Å². The van der Waals surface area contributed by atoms with Crippen molar-refractivity contribution in [3.8, 4) is 17.0 Å². The summed E-state index contributed by atoms with van der Waals surface area (Å²) in [5, 5.41) is 2.70. The van der Waals surface area contributed by atoms with E-state index in [0.29, 0.717) is 37.8 Å². The molecule has 1 amide bonds. The molecule has 2 aromatic rings. The number of nitrogens with two attached hydrogens (primary N) is 1. The van der Waals surface area contributed by atoms with Crippen molar-refractivity contribution in [1.82, 2.24) is 15.3 Å². The lowest BCUT2D eigenvalue weighted by Crippen LogP contribution is -2.24. The number of rotatable bonds is 8. The van der Waals surface area contributed by atoms with Crippen LogP contribution >= 0.6 is 0 Å². The van der Waals surface area contributed by atoms with Crippen molar-refractivity contribution in [2.75, 3.05) is 32.1 Å². The number of carbonyl (C=O) groups excluding carboxylic acids is 1. The fourth-order valence-electron chi connectivity index (χ4n) is 2.13. The van der Waals surface area contributed by atoms with Gasteiger partial charge in [0.05, 0.1) is 12.3 Å². The van der Waals surface area contributed by atoms with Crippen LogP contribution in [0.15, 0.2) is 30.3 Å². The zero-order valence-corrected chi connectivity index (χ0v) is 13.9. The molecule has 0 aliphatic carbocycles. The molecule has 3 N–H and O–H groups in total. The van der Waals surface area contributed by atoms with Crippen LogP contribution in [0.1, 0.15) is 24.3 Å². The Kier molecular flexibility index (Phi) is 6.51. The number of benzene rings is 1. The fraction of sp³-hybridized carbons (Fsp3) is 0.353. The number of para-hydroxylation sites is 1. The predicted molar refractivity (Wildman–Crippen MR) is 91.9 cm³/mol. The second-order valence-corrected chi connectivity index (χ2v) is 4.90. The van der Waals surface area contributed by atoms with Crippen LogP contribution in [0.25, 0.3) is 11.3 Å². The molecule has 0 fully saturated rings. The first-order valence-electron chi connectivity index (χ1n) is 7.88. The third-order valence-electron chi connectivity index (χ3n) is 3.17. The van der Waals surface area contributed by atoms with Gasteiger partial charge in [-0.2, -0.15) is 0 Å². The number of hydrogen-bond acceptors (Lipinski definition) is 6. The molecule has 0 atom stereocenters. The lowest BCUT2D eigenvalue weighted by molar-refractivity contribution is 0.0951. The number of ether oxygens (including phenoxy) is 2. The molecule has 0 unspecified atom stereocenters. The number of anilines is 1. The minimum absolute atomic E-state index is 0.0397. The number of nitrogens with zero attached hydrogens (tertiary/aromatic N) is 2. The largest absolute Gasteiger partial charge is 0.490 e. The number of nitrogens with one attached hydrogen (secondary N) is 1. The average Bonchev–Trinajstić information content (AvgIpc) is 2.59. The number of amides is 1. The predicted octanol–water partition coefficient (Wildman–Crippen LogP) is 1.89. The maximum absolute atomic E-state index is 12.0. The standard InChI is InChI=1S/C17H22N4O3/c1-3-19-16(22)14-11-13(20-17(18)21-14)12-7-5-6-8-15(12)24-10-9-23-4-2/h5-8,11H,3-4,9-10H2,1-2H3,(H,19,22)(H2,18,20,21). The average molecular weight is 330 g/mol. The van der Waals surface area contributed by atoms with Crippen molar-refractivity contribution in [3.05, 3.63) is 36.0 Å². The van der Waals surface area contributed by atoms with Gasteiger partial charge in [0, 0.05) is 18.7 Å². The van der Waals surface area contributed by atoms with Crippen molar-refractivity contribution in [2.45, 2.75) is 13.8 Å². The van der Waals surface area contributed by atoms with Gasteiger partial charge >= 0.3 is 0 Å².